The molecule has 2 fully saturated rings. The van der Waals surface area contributed by atoms with Crippen LogP contribution in [0.1, 0.15) is 85.0 Å². The van der Waals surface area contributed by atoms with Crippen LogP contribution in [0.15, 0.2) is 23.3 Å². The van der Waals surface area contributed by atoms with Gasteiger partial charge in [0.1, 0.15) is 5.75 Å². The summed E-state index contributed by atoms with van der Waals surface area (Å²) in [4.78, 5) is 2.57. The summed E-state index contributed by atoms with van der Waals surface area (Å²) in [6, 6.07) is 3.89. The van der Waals surface area contributed by atoms with Gasteiger partial charge in [-0.3, -0.25) is 4.90 Å². The molecule has 1 unspecified atom stereocenters. The zero-order valence-corrected chi connectivity index (χ0v) is 26.3. The number of ether oxygens (including phenoxy) is 2. The smallest absolute Gasteiger partial charge is 0.140 e. The van der Waals surface area contributed by atoms with Crippen molar-refractivity contribution in [2.24, 2.45) is 0 Å². The molecule has 0 amide bonds. The molecule has 1 N–H and O–H groups in total. The van der Waals surface area contributed by atoms with Crippen LogP contribution in [0.2, 0.25) is 5.02 Å². The van der Waals surface area contributed by atoms with Crippen LogP contribution in [-0.2, 0) is 4.74 Å². The minimum absolute atomic E-state index is 0.345. The average Bonchev–Trinajstić information content (AvgIpc) is 3.44. The molecule has 1 aromatic rings. The molecular weight excluding hydrogens is 507 g/mol. The van der Waals surface area contributed by atoms with E-state index >= 15 is 0 Å². The molecule has 4 rings (SSSR count). The van der Waals surface area contributed by atoms with Gasteiger partial charge in [0.15, 0.2) is 0 Å². The molecule has 1 aromatic carbocycles. The lowest BCUT2D eigenvalue weighted by Crippen LogP contribution is -2.37. The standard InChI is InChI=1S/C14H25NO.C12H17ClNOP.C2H6.CH4S/c1-2-5-13-6-3-4-7-14(13)12-15-8-10-16-11-9-15;1-14-10-7-11(9(13)6-12(10)16)15-8-4-2-3-5-8;2*1-2/h2-12H2,1H3;6-8,14H,2-5,16H2,1H3;1-2H3;2H,1H3. The number of hydrogen-bond acceptors (Lipinski definition) is 5. The largest absolute Gasteiger partial charge is 0.489 e. The summed E-state index contributed by atoms with van der Waals surface area (Å²) < 4.78 is 11.3. The number of hydrogen-bond donors (Lipinski definition) is 2. The second-order valence-electron chi connectivity index (χ2n) is 9.20. The highest BCUT2D eigenvalue weighted by Gasteiger charge is 2.19. The van der Waals surface area contributed by atoms with Crippen molar-refractivity contribution in [1.82, 2.24) is 4.90 Å². The van der Waals surface area contributed by atoms with E-state index in [9.17, 15) is 0 Å². The third kappa shape index (κ3) is 11.9. The van der Waals surface area contributed by atoms with Crippen molar-refractivity contribution in [3.8, 4) is 5.75 Å². The van der Waals surface area contributed by atoms with E-state index < -0.39 is 0 Å². The maximum Gasteiger partial charge on any atom is 0.140 e. The highest BCUT2D eigenvalue weighted by atomic mass is 35.5. The van der Waals surface area contributed by atoms with E-state index in [1.54, 1.807) is 17.4 Å². The number of morpholine rings is 1. The van der Waals surface area contributed by atoms with Gasteiger partial charge in [-0.15, -0.1) is 9.24 Å². The predicted molar refractivity (Wildman–Crippen MR) is 167 cm³/mol. The summed E-state index contributed by atoms with van der Waals surface area (Å²) >= 11 is 9.70. The molecule has 7 heteroatoms. The summed E-state index contributed by atoms with van der Waals surface area (Å²) in [7, 11) is 4.57. The summed E-state index contributed by atoms with van der Waals surface area (Å²) in [6.07, 6.45) is 15.1. The number of nitrogens with one attached hydrogen (secondary N) is 1. The Morgan fingerprint density at radius 2 is 1.67 bits per heavy atom. The van der Waals surface area contributed by atoms with E-state index in [1.807, 2.05) is 33.0 Å². The number of thiol groups is 1. The molecule has 0 aromatic heterocycles. The fraction of sp³-hybridized carbons (Fsp3) is 0.724. The van der Waals surface area contributed by atoms with Crippen molar-refractivity contribution < 1.29 is 9.47 Å². The summed E-state index contributed by atoms with van der Waals surface area (Å²) in [6.45, 7) is 11.6. The molecular formula is C29H52ClN2O2PS. The van der Waals surface area contributed by atoms with Gasteiger partial charge < -0.3 is 14.8 Å². The Bertz CT molecular complexity index is 751. The minimum atomic E-state index is 0.345. The van der Waals surface area contributed by atoms with Crippen LogP contribution in [0.5, 0.6) is 5.75 Å². The molecule has 2 aliphatic carbocycles. The summed E-state index contributed by atoms with van der Waals surface area (Å²) in [5, 5.41) is 4.88. The van der Waals surface area contributed by atoms with Crippen molar-refractivity contribution in [2.75, 3.05) is 51.5 Å². The maximum absolute atomic E-state index is 6.17. The molecule has 1 atom stereocenters. The van der Waals surface area contributed by atoms with E-state index in [0.29, 0.717) is 11.1 Å². The van der Waals surface area contributed by atoms with E-state index in [2.05, 4.69) is 39.0 Å². The third-order valence-electron chi connectivity index (χ3n) is 6.75. The van der Waals surface area contributed by atoms with Crippen molar-refractivity contribution in [3.05, 3.63) is 28.3 Å². The van der Waals surface area contributed by atoms with E-state index in [0.717, 1.165) is 55.9 Å². The van der Waals surface area contributed by atoms with Crippen LogP contribution in [0.3, 0.4) is 0 Å². The molecule has 0 radical (unpaired) electrons. The lowest BCUT2D eigenvalue weighted by Gasteiger charge is -2.30. The van der Waals surface area contributed by atoms with Crippen LogP contribution >= 0.6 is 33.5 Å². The monoisotopic (exact) mass is 558 g/mol. The topological polar surface area (TPSA) is 33.7 Å². The molecule has 1 saturated heterocycles. The summed E-state index contributed by atoms with van der Waals surface area (Å²) in [5.74, 6) is 0.795. The molecule has 0 spiro atoms. The first-order chi connectivity index (χ1) is 17.6. The second kappa shape index (κ2) is 20.5. The normalized spacial score (nSPS) is 18.2. The van der Waals surface area contributed by atoms with Gasteiger partial charge in [-0.2, -0.15) is 12.6 Å². The fourth-order valence-electron chi connectivity index (χ4n) is 4.92. The summed E-state index contributed by atoms with van der Waals surface area (Å²) in [5.41, 5.74) is 4.58. The number of benzene rings is 1. The van der Waals surface area contributed by atoms with Gasteiger partial charge in [-0.1, -0.05) is 49.9 Å². The van der Waals surface area contributed by atoms with Gasteiger partial charge in [0.05, 0.1) is 24.3 Å². The van der Waals surface area contributed by atoms with E-state index in [1.165, 1.54) is 57.9 Å². The first-order valence-corrected chi connectivity index (χ1v) is 15.8. The van der Waals surface area contributed by atoms with Gasteiger partial charge in [-0.05, 0) is 75.4 Å². The SMILES string of the molecule is CC.CCCC1=C(CN2CCOCC2)CCCC1.CNc1cc(OC2CCCC2)c(Cl)cc1P.CS. The Labute approximate surface area is 234 Å². The van der Waals surface area contributed by atoms with Crippen molar-refractivity contribution in [3.63, 3.8) is 0 Å². The van der Waals surface area contributed by atoms with Gasteiger partial charge in [0.2, 0.25) is 0 Å². The Kier molecular flexibility index (Phi) is 19.1. The van der Waals surface area contributed by atoms with Crippen molar-refractivity contribution >= 4 is 44.5 Å². The maximum atomic E-state index is 6.17. The second-order valence-corrected chi connectivity index (χ2v) is 10.2. The zero-order chi connectivity index (χ0) is 26.8. The van der Waals surface area contributed by atoms with Crippen LogP contribution < -0.4 is 15.4 Å². The molecule has 1 saturated carbocycles. The number of rotatable bonds is 7. The van der Waals surface area contributed by atoms with Crippen molar-refractivity contribution in [1.29, 1.82) is 0 Å². The highest BCUT2D eigenvalue weighted by molar-refractivity contribution is 7.79. The van der Waals surface area contributed by atoms with Gasteiger partial charge >= 0.3 is 0 Å². The van der Waals surface area contributed by atoms with Crippen molar-refractivity contribution in [2.45, 2.75) is 91.1 Å². The Morgan fingerprint density at radius 1 is 1.06 bits per heavy atom. The third-order valence-corrected chi connectivity index (χ3v) is 7.52. The van der Waals surface area contributed by atoms with Crippen LogP contribution in [-0.4, -0.2) is 57.2 Å². The minimum Gasteiger partial charge on any atom is -0.489 e. The molecule has 1 aliphatic heterocycles. The molecule has 1 heterocycles. The van der Waals surface area contributed by atoms with Gasteiger partial charge in [-0.25, -0.2) is 0 Å². The molecule has 0 bridgehead atoms. The first kappa shape index (κ1) is 33.6. The lowest BCUT2D eigenvalue weighted by molar-refractivity contribution is 0.0416. The molecule has 36 heavy (non-hydrogen) atoms. The van der Waals surface area contributed by atoms with Crippen LogP contribution in [0.25, 0.3) is 0 Å². The molecule has 3 aliphatic rings. The van der Waals surface area contributed by atoms with Gasteiger partial charge in [0, 0.05) is 38.4 Å². The number of allylic oxidation sites excluding steroid dienone is 1. The lowest BCUT2D eigenvalue weighted by atomic mass is 9.89. The quantitative estimate of drug-likeness (QED) is 0.203. The first-order valence-electron chi connectivity index (χ1n) is 14.0. The van der Waals surface area contributed by atoms with Crippen LogP contribution in [0, 0.1) is 0 Å². The number of halogens is 1. The van der Waals surface area contributed by atoms with Crippen LogP contribution in [0.4, 0.5) is 5.69 Å². The zero-order valence-electron chi connectivity index (χ0n) is 23.5. The van der Waals surface area contributed by atoms with E-state index in [-0.39, 0.29) is 0 Å². The fourth-order valence-corrected chi connectivity index (χ4v) is 5.63. The predicted octanol–water partition coefficient (Wildman–Crippen LogP) is 7.77. The highest BCUT2D eigenvalue weighted by Crippen LogP contribution is 2.32. The Balaban J connectivity index is 0.000000317. The number of anilines is 1. The number of nitrogens with zero attached hydrogens (tertiary/aromatic N) is 1. The Hall–Kier alpha value is -0.450. The molecule has 4 nitrogen and oxygen atoms in total. The molecule has 208 valence electrons. The van der Waals surface area contributed by atoms with Gasteiger partial charge in [0.25, 0.3) is 0 Å². The van der Waals surface area contributed by atoms with E-state index in [4.69, 9.17) is 21.1 Å². The Morgan fingerprint density at radius 3 is 2.25 bits per heavy atom. The average molecular weight is 559 g/mol.